The number of hydrogen-bond acceptors (Lipinski definition) is 4. The normalized spacial score (nSPS) is 9.50. The molecule has 0 saturated heterocycles. The number of halogens is 1. The number of rotatable bonds is 3. The van der Waals surface area contributed by atoms with Crippen LogP contribution in [0, 0.1) is 10.1 Å². The van der Waals surface area contributed by atoms with Crippen molar-refractivity contribution in [3.8, 4) is 0 Å². The van der Waals surface area contributed by atoms with Crippen molar-refractivity contribution in [3.05, 3.63) is 39.9 Å². The minimum atomic E-state index is -0.602. The molecular formula is C8H6ClNO4. The van der Waals surface area contributed by atoms with E-state index in [4.69, 9.17) is 11.6 Å². The number of alkyl halides is 1. The molecule has 0 fully saturated rings. The average Bonchev–Trinajstić information content (AvgIpc) is 2.18. The van der Waals surface area contributed by atoms with Crippen LogP contribution in [-0.2, 0) is 4.74 Å². The molecule has 0 atom stereocenters. The lowest BCUT2D eigenvalue weighted by molar-refractivity contribution is -0.384. The number of nitro benzene ring substituents is 1. The Balaban J connectivity index is 2.83. The van der Waals surface area contributed by atoms with Gasteiger partial charge in [0.05, 0.1) is 10.5 Å². The van der Waals surface area contributed by atoms with Gasteiger partial charge in [-0.1, -0.05) is 11.6 Å². The molecular weight excluding hydrogens is 210 g/mol. The van der Waals surface area contributed by atoms with Crippen LogP contribution in [0.4, 0.5) is 5.69 Å². The zero-order valence-corrected chi connectivity index (χ0v) is 7.73. The predicted octanol–water partition coefficient (Wildman–Crippen LogP) is 1.95. The Morgan fingerprint density at radius 3 is 2.43 bits per heavy atom. The number of esters is 1. The number of benzene rings is 1. The number of non-ortho nitro benzene ring substituents is 1. The second kappa shape index (κ2) is 4.57. The largest absolute Gasteiger partial charge is 0.446 e. The van der Waals surface area contributed by atoms with E-state index in [2.05, 4.69) is 4.74 Å². The van der Waals surface area contributed by atoms with Gasteiger partial charge in [0, 0.05) is 12.1 Å². The van der Waals surface area contributed by atoms with Crippen LogP contribution in [0.15, 0.2) is 24.3 Å². The van der Waals surface area contributed by atoms with E-state index in [0.29, 0.717) is 0 Å². The van der Waals surface area contributed by atoms with Crippen molar-refractivity contribution < 1.29 is 14.5 Å². The fourth-order valence-corrected chi connectivity index (χ4v) is 0.951. The van der Waals surface area contributed by atoms with Crippen molar-refractivity contribution >= 4 is 23.3 Å². The summed E-state index contributed by atoms with van der Waals surface area (Å²) in [6, 6.07) is 4.84. The van der Waals surface area contributed by atoms with Crippen molar-refractivity contribution in [2.45, 2.75) is 0 Å². The third-order valence-corrected chi connectivity index (χ3v) is 1.61. The van der Waals surface area contributed by atoms with Gasteiger partial charge in [-0.15, -0.1) is 0 Å². The molecule has 0 radical (unpaired) electrons. The maximum absolute atomic E-state index is 11.0. The predicted molar refractivity (Wildman–Crippen MR) is 49.2 cm³/mol. The number of nitro groups is 1. The van der Waals surface area contributed by atoms with Gasteiger partial charge in [-0.05, 0) is 12.1 Å². The molecule has 14 heavy (non-hydrogen) atoms. The van der Waals surface area contributed by atoms with Crippen LogP contribution in [0.1, 0.15) is 10.4 Å². The van der Waals surface area contributed by atoms with Crippen LogP contribution < -0.4 is 0 Å². The minimum absolute atomic E-state index is 0.0765. The molecule has 0 N–H and O–H groups in total. The molecule has 0 aliphatic carbocycles. The average molecular weight is 216 g/mol. The SMILES string of the molecule is O=C(OCCl)c1ccc([N+](=O)[O-])cc1. The summed E-state index contributed by atoms with van der Waals surface area (Å²) in [6.45, 7) is 0. The van der Waals surface area contributed by atoms with E-state index in [-0.39, 0.29) is 17.3 Å². The van der Waals surface area contributed by atoms with Gasteiger partial charge in [0.1, 0.15) is 0 Å². The summed E-state index contributed by atoms with van der Waals surface area (Å²) < 4.78 is 4.48. The van der Waals surface area contributed by atoms with Gasteiger partial charge in [0.15, 0.2) is 6.07 Å². The Bertz CT molecular complexity index is 349. The highest BCUT2D eigenvalue weighted by Gasteiger charge is 2.09. The van der Waals surface area contributed by atoms with Gasteiger partial charge >= 0.3 is 5.97 Å². The van der Waals surface area contributed by atoms with Gasteiger partial charge in [-0.25, -0.2) is 4.79 Å². The fourth-order valence-electron chi connectivity index (χ4n) is 0.852. The maximum atomic E-state index is 11.0. The highest BCUT2D eigenvalue weighted by molar-refractivity contribution is 6.17. The van der Waals surface area contributed by atoms with Gasteiger partial charge in [0.2, 0.25) is 0 Å². The van der Waals surface area contributed by atoms with Crippen LogP contribution in [0.25, 0.3) is 0 Å². The zero-order valence-electron chi connectivity index (χ0n) is 6.97. The second-order valence-corrected chi connectivity index (χ2v) is 2.56. The Labute approximate surface area is 84.4 Å². The van der Waals surface area contributed by atoms with Crippen molar-refractivity contribution in [1.82, 2.24) is 0 Å². The maximum Gasteiger partial charge on any atom is 0.339 e. The number of carbonyl (C=O) groups is 1. The van der Waals surface area contributed by atoms with Gasteiger partial charge in [-0.2, -0.15) is 0 Å². The van der Waals surface area contributed by atoms with E-state index in [1.807, 2.05) is 0 Å². The van der Waals surface area contributed by atoms with Crippen molar-refractivity contribution in [2.24, 2.45) is 0 Å². The van der Waals surface area contributed by atoms with Crippen molar-refractivity contribution in [2.75, 3.05) is 6.07 Å². The zero-order chi connectivity index (χ0) is 10.6. The molecule has 0 saturated carbocycles. The van der Waals surface area contributed by atoms with Crippen molar-refractivity contribution in [3.63, 3.8) is 0 Å². The third kappa shape index (κ3) is 2.43. The summed E-state index contributed by atoms with van der Waals surface area (Å²) in [7, 11) is 0. The molecule has 74 valence electrons. The highest BCUT2D eigenvalue weighted by Crippen LogP contribution is 2.12. The lowest BCUT2D eigenvalue weighted by Gasteiger charge is -1.99. The monoisotopic (exact) mass is 215 g/mol. The molecule has 0 amide bonds. The number of ether oxygens (including phenoxy) is 1. The number of carbonyl (C=O) groups excluding carboxylic acids is 1. The van der Waals surface area contributed by atoms with Gasteiger partial charge < -0.3 is 4.74 Å². The first-order chi connectivity index (χ1) is 6.65. The van der Waals surface area contributed by atoms with Crippen molar-refractivity contribution in [1.29, 1.82) is 0 Å². The fraction of sp³-hybridized carbons (Fsp3) is 0.125. The molecule has 1 aromatic carbocycles. The second-order valence-electron chi connectivity index (χ2n) is 2.34. The summed E-state index contributed by atoms with van der Waals surface area (Å²) in [5, 5.41) is 10.3. The Morgan fingerprint density at radius 1 is 1.43 bits per heavy atom. The highest BCUT2D eigenvalue weighted by atomic mass is 35.5. The van der Waals surface area contributed by atoms with Crippen LogP contribution in [-0.4, -0.2) is 17.0 Å². The molecule has 0 unspecified atom stereocenters. The smallest absolute Gasteiger partial charge is 0.339 e. The van der Waals surface area contributed by atoms with E-state index >= 15 is 0 Å². The van der Waals surface area contributed by atoms with Gasteiger partial charge in [-0.3, -0.25) is 10.1 Å². The Morgan fingerprint density at radius 2 is 2.00 bits per heavy atom. The van der Waals surface area contributed by atoms with E-state index in [0.717, 1.165) is 0 Å². The first-order valence-electron chi connectivity index (χ1n) is 3.62. The lowest BCUT2D eigenvalue weighted by Crippen LogP contribution is -2.03. The molecule has 0 heterocycles. The molecule has 0 aliphatic heterocycles. The molecule has 6 heteroatoms. The molecule has 0 aliphatic rings. The molecule has 1 rings (SSSR count). The molecule has 1 aromatic rings. The molecule has 0 aromatic heterocycles. The van der Waals surface area contributed by atoms with Crippen LogP contribution in [0.2, 0.25) is 0 Å². The number of nitrogens with zero attached hydrogens (tertiary/aromatic N) is 1. The molecule has 0 spiro atoms. The first-order valence-corrected chi connectivity index (χ1v) is 4.16. The summed E-state index contributed by atoms with van der Waals surface area (Å²) in [6.07, 6.45) is 0. The summed E-state index contributed by atoms with van der Waals surface area (Å²) in [5.74, 6) is -0.602. The first kappa shape index (κ1) is 10.5. The van der Waals surface area contributed by atoms with E-state index in [9.17, 15) is 14.9 Å². The standard InChI is InChI=1S/C8H6ClNO4/c9-5-14-8(11)6-1-3-7(4-2-6)10(12)13/h1-4H,5H2. The Hall–Kier alpha value is -1.62. The Kier molecular flexibility index (Phi) is 3.41. The van der Waals surface area contributed by atoms with E-state index in [1.54, 1.807) is 0 Å². The topological polar surface area (TPSA) is 69.4 Å². The van der Waals surface area contributed by atoms with Crippen LogP contribution in [0.3, 0.4) is 0 Å². The minimum Gasteiger partial charge on any atom is -0.446 e. The van der Waals surface area contributed by atoms with Crippen LogP contribution in [0.5, 0.6) is 0 Å². The third-order valence-electron chi connectivity index (χ3n) is 1.50. The summed E-state index contributed by atoms with van der Waals surface area (Å²) in [4.78, 5) is 20.8. The molecule has 0 bridgehead atoms. The summed E-state index contributed by atoms with van der Waals surface area (Å²) in [5.41, 5.74) is 0.156. The lowest BCUT2D eigenvalue weighted by atomic mass is 10.2. The van der Waals surface area contributed by atoms with E-state index < -0.39 is 10.9 Å². The van der Waals surface area contributed by atoms with Crippen LogP contribution >= 0.6 is 11.6 Å². The quantitative estimate of drug-likeness (QED) is 0.334. The molecule has 5 nitrogen and oxygen atoms in total. The van der Waals surface area contributed by atoms with Gasteiger partial charge in [0.25, 0.3) is 5.69 Å². The van der Waals surface area contributed by atoms with E-state index in [1.165, 1.54) is 24.3 Å². The number of hydrogen-bond donors (Lipinski definition) is 0. The summed E-state index contributed by atoms with van der Waals surface area (Å²) >= 11 is 5.18.